The minimum absolute atomic E-state index is 0.309. The van der Waals surface area contributed by atoms with E-state index in [2.05, 4.69) is 26.2 Å². The molecule has 0 aromatic carbocycles. The highest BCUT2D eigenvalue weighted by Gasteiger charge is 2.33. The molecule has 0 fully saturated rings. The molecule has 0 radical (unpaired) electrons. The lowest BCUT2D eigenvalue weighted by molar-refractivity contribution is -0.122. The van der Waals surface area contributed by atoms with E-state index in [1.807, 2.05) is 0 Å². The fraction of sp³-hybridized carbons (Fsp3) is 0.364. The first kappa shape index (κ1) is 14.1. The van der Waals surface area contributed by atoms with Crippen LogP contribution >= 0.6 is 27.5 Å². The van der Waals surface area contributed by atoms with Crippen molar-refractivity contribution in [2.45, 2.75) is 23.7 Å². The minimum atomic E-state index is -1.04. The van der Waals surface area contributed by atoms with Gasteiger partial charge in [-0.1, -0.05) is 15.9 Å². The van der Waals surface area contributed by atoms with Crippen LogP contribution in [-0.4, -0.2) is 26.5 Å². The summed E-state index contributed by atoms with van der Waals surface area (Å²) in [4.78, 5) is 27.4. The van der Waals surface area contributed by atoms with E-state index in [1.165, 1.54) is 6.20 Å². The topological polar surface area (TPSA) is 59.1 Å². The lowest BCUT2D eigenvalue weighted by atomic mass is 10.00. The van der Waals surface area contributed by atoms with Crippen LogP contribution in [0.1, 0.15) is 24.2 Å². The van der Waals surface area contributed by atoms with Crippen molar-refractivity contribution in [1.82, 2.24) is 10.3 Å². The quantitative estimate of drug-likeness (QED) is 0.865. The fourth-order valence-corrected chi connectivity index (χ4v) is 2.03. The molecule has 1 heterocycles. The number of alkyl halides is 2. The molecular formula is C11H12BrClN2O2. The Morgan fingerprint density at radius 2 is 2.18 bits per heavy atom. The second-order valence-electron chi connectivity index (χ2n) is 3.99. The molecule has 1 aromatic heterocycles. The molecule has 1 atom stereocenters. The Labute approximate surface area is 113 Å². The molecule has 1 unspecified atom stereocenters. The number of nitrogens with one attached hydrogen (secondary N) is 1. The van der Waals surface area contributed by atoms with Gasteiger partial charge in [0.1, 0.15) is 4.29 Å². The zero-order chi connectivity index (χ0) is 13.1. The number of hydrogen-bond acceptors (Lipinski definition) is 3. The van der Waals surface area contributed by atoms with Gasteiger partial charge >= 0.3 is 0 Å². The van der Waals surface area contributed by atoms with Gasteiger partial charge in [0.15, 0.2) is 5.78 Å². The molecule has 4 nitrogen and oxygen atoms in total. The zero-order valence-electron chi connectivity index (χ0n) is 9.41. The minimum Gasteiger partial charge on any atom is -0.340 e. The number of halogens is 2. The van der Waals surface area contributed by atoms with E-state index in [9.17, 15) is 9.59 Å². The molecule has 92 valence electrons. The number of Topliss-reactive ketones (excluding diaryl/α,β-unsaturated/α-hetero) is 1. The molecule has 6 heteroatoms. The standard InChI is InChI=1S/C11H12BrClN2O2/c1-11(2,8(16)9(12)13)15-10(17)7-4-3-5-14-6-7/h3-6,9H,1-2H3,(H,15,17). The number of ketones is 1. The van der Waals surface area contributed by atoms with Gasteiger partial charge in [-0.15, -0.1) is 11.6 Å². The van der Waals surface area contributed by atoms with E-state index in [4.69, 9.17) is 11.6 Å². The van der Waals surface area contributed by atoms with Crippen molar-refractivity contribution in [2.24, 2.45) is 0 Å². The molecule has 1 aromatic rings. The van der Waals surface area contributed by atoms with Crippen molar-refractivity contribution in [3.05, 3.63) is 30.1 Å². The first-order valence-electron chi connectivity index (χ1n) is 4.89. The first-order chi connectivity index (χ1) is 7.84. The maximum atomic E-state index is 11.8. The normalized spacial score (nSPS) is 12.9. The van der Waals surface area contributed by atoms with E-state index in [1.54, 1.807) is 32.2 Å². The van der Waals surface area contributed by atoms with Crippen LogP contribution in [0.3, 0.4) is 0 Å². The lowest BCUT2D eigenvalue weighted by Crippen LogP contribution is -2.51. The van der Waals surface area contributed by atoms with Gasteiger partial charge < -0.3 is 5.32 Å². The van der Waals surface area contributed by atoms with Crippen molar-refractivity contribution in [1.29, 1.82) is 0 Å². The summed E-state index contributed by atoms with van der Waals surface area (Å²) in [6.45, 7) is 3.19. The summed E-state index contributed by atoms with van der Waals surface area (Å²) >= 11 is 8.62. The summed E-state index contributed by atoms with van der Waals surface area (Å²) in [7, 11) is 0. The third-order valence-electron chi connectivity index (χ3n) is 2.16. The summed E-state index contributed by atoms with van der Waals surface area (Å²) < 4.78 is -0.827. The van der Waals surface area contributed by atoms with Gasteiger partial charge in [-0.05, 0) is 26.0 Å². The van der Waals surface area contributed by atoms with E-state index in [-0.39, 0.29) is 11.7 Å². The van der Waals surface area contributed by atoms with E-state index < -0.39 is 9.83 Å². The number of rotatable bonds is 4. The Morgan fingerprint density at radius 1 is 1.53 bits per heavy atom. The molecule has 0 bridgehead atoms. The summed E-state index contributed by atoms with van der Waals surface area (Å²) in [6.07, 6.45) is 3.00. The molecular weight excluding hydrogens is 307 g/mol. The number of aromatic nitrogens is 1. The summed E-state index contributed by atoms with van der Waals surface area (Å²) in [5.74, 6) is -0.669. The van der Waals surface area contributed by atoms with Crippen LogP contribution in [0.15, 0.2) is 24.5 Å². The number of hydrogen-bond donors (Lipinski definition) is 1. The van der Waals surface area contributed by atoms with Crippen molar-refractivity contribution < 1.29 is 9.59 Å². The molecule has 17 heavy (non-hydrogen) atoms. The van der Waals surface area contributed by atoms with Crippen LogP contribution in [0.4, 0.5) is 0 Å². The van der Waals surface area contributed by atoms with Crippen molar-refractivity contribution >= 4 is 39.2 Å². The highest BCUT2D eigenvalue weighted by atomic mass is 79.9. The molecule has 0 aliphatic carbocycles. The fourth-order valence-electron chi connectivity index (χ4n) is 1.19. The van der Waals surface area contributed by atoms with E-state index >= 15 is 0 Å². The monoisotopic (exact) mass is 318 g/mol. The molecule has 0 aliphatic rings. The SMILES string of the molecule is CC(C)(NC(=O)c1cccnc1)C(=O)C(Cl)Br. The van der Waals surface area contributed by atoms with Crippen LogP contribution in [0, 0.1) is 0 Å². The van der Waals surface area contributed by atoms with Gasteiger partial charge in [0.2, 0.25) is 0 Å². The number of carbonyl (C=O) groups is 2. The smallest absolute Gasteiger partial charge is 0.253 e. The van der Waals surface area contributed by atoms with E-state index in [0.717, 1.165) is 0 Å². The predicted octanol–water partition coefficient (Wildman–Crippen LogP) is 2.12. The van der Waals surface area contributed by atoms with Crippen LogP contribution in [0.2, 0.25) is 0 Å². The Hall–Kier alpha value is -0.940. The first-order valence-corrected chi connectivity index (χ1v) is 6.25. The van der Waals surface area contributed by atoms with Gasteiger partial charge in [-0.2, -0.15) is 0 Å². The third-order valence-corrected chi connectivity index (χ3v) is 2.78. The van der Waals surface area contributed by atoms with Gasteiger partial charge in [-0.3, -0.25) is 14.6 Å². The molecule has 1 N–H and O–H groups in total. The summed E-state index contributed by atoms with van der Waals surface area (Å²) in [5, 5.41) is 2.61. The van der Waals surface area contributed by atoms with Crippen molar-refractivity contribution in [3.8, 4) is 0 Å². The van der Waals surface area contributed by atoms with Crippen LogP contribution in [-0.2, 0) is 4.79 Å². The Kier molecular flexibility index (Phi) is 4.65. The maximum absolute atomic E-state index is 11.8. The zero-order valence-corrected chi connectivity index (χ0v) is 11.7. The second-order valence-corrected chi connectivity index (χ2v) is 5.87. The molecule has 0 saturated carbocycles. The molecule has 0 spiro atoms. The Bertz CT molecular complexity index is 421. The summed E-state index contributed by atoms with van der Waals surface area (Å²) in [6, 6.07) is 3.27. The maximum Gasteiger partial charge on any atom is 0.253 e. The predicted molar refractivity (Wildman–Crippen MR) is 69.4 cm³/mol. The summed E-state index contributed by atoms with van der Waals surface area (Å²) in [5.41, 5.74) is -0.642. The number of nitrogens with zero attached hydrogens (tertiary/aromatic N) is 1. The van der Waals surface area contributed by atoms with Gasteiger partial charge in [0.05, 0.1) is 11.1 Å². The number of pyridine rings is 1. The Balaban J connectivity index is 2.78. The second kappa shape index (κ2) is 5.60. The molecule has 0 aliphatic heterocycles. The van der Waals surface area contributed by atoms with Gasteiger partial charge in [-0.25, -0.2) is 0 Å². The highest BCUT2D eigenvalue weighted by molar-refractivity contribution is 9.10. The van der Waals surface area contributed by atoms with E-state index in [0.29, 0.717) is 5.56 Å². The van der Waals surface area contributed by atoms with Crippen LogP contribution in [0.5, 0.6) is 0 Å². The van der Waals surface area contributed by atoms with Crippen molar-refractivity contribution in [2.75, 3.05) is 0 Å². The largest absolute Gasteiger partial charge is 0.340 e. The molecule has 1 amide bonds. The Morgan fingerprint density at radius 3 is 2.65 bits per heavy atom. The van der Waals surface area contributed by atoms with Crippen LogP contribution < -0.4 is 5.32 Å². The number of amides is 1. The molecule has 1 rings (SSSR count). The average molecular weight is 320 g/mol. The van der Waals surface area contributed by atoms with Crippen LogP contribution in [0.25, 0.3) is 0 Å². The van der Waals surface area contributed by atoms with Crippen molar-refractivity contribution in [3.63, 3.8) is 0 Å². The number of carbonyl (C=O) groups excluding carboxylic acids is 2. The highest BCUT2D eigenvalue weighted by Crippen LogP contribution is 2.16. The lowest BCUT2D eigenvalue weighted by Gasteiger charge is -2.25. The van der Waals surface area contributed by atoms with Gasteiger partial charge in [0.25, 0.3) is 5.91 Å². The average Bonchev–Trinajstić information content (AvgIpc) is 2.28. The third kappa shape index (κ3) is 3.78. The van der Waals surface area contributed by atoms with Gasteiger partial charge in [0, 0.05) is 12.4 Å². The molecule has 0 saturated heterocycles.